The van der Waals surface area contributed by atoms with E-state index in [0.29, 0.717) is 11.4 Å². The molecule has 0 unspecified atom stereocenters. The zero-order valence-electron chi connectivity index (χ0n) is 23.7. The molecule has 0 atom stereocenters. The van der Waals surface area contributed by atoms with E-state index in [-0.39, 0.29) is 42.3 Å². The average Bonchev–Trinajstić information content (AvgIpc) is 3.63. The summed E-state index contributed by atoms with van der Waals surface area (Å²) in [5.41, 5.74) is 1.31. The van der Waals surface area contributed by atoms with Crippen molar-refractivity contribution >= 4 is 0 Å². The quantitative estimate of drug-likeness (QED) is 0.136. The average molecular weight is 708 g/mol. The molecule has 0 bridgehead atoms. The molecule has 0 aliphatic carbocycles. The van der Waals surface area contributed by atoms with Gasteiger partial charge in [0, 0.05) is 47.3 Å². The van der Waals surface area contributed by atoms with Gasteiger partial charge in [0.1, 0.15) is 0 Å². The van der Waals surface area contributed by atoms with Gasteiger partial charge in [-0.3, -0.25) is 19.9 Å². The first-order chi connectivity index (χ1) is 20.9. The molecule has 6 aromatic rings. The molecule has 6 nitrogen and oxygen atoms in total. The molecule has 0 spiro atoms. The molecule has 0 aliphatic heterocycles. The van der Waals surface area contributed by atoms with Gasteiger partial charge in [0.2, 0.25) is 0 Å². The van der Waals surface area contributed by atoms with Crippen LogP contribution in [0.15, 0.2) is 110 Å². The Hall–Kier alpha value is -4.64. The van der Waals surface area contributed by atoms with E-state index in [1.165, 1.54) is 38.4 Å². The van der Waals surface area contributed by atoms with Gasteiger partial charge in [0.15, 0.2) is 0 Å². The van der Waals surface area contributed by atoms with Crippen LogP contribution in [0, 0.1) is 13.8 Å². The molecule has 0 amide bonds. The zero-order valence-corrected chi connectivity index (χ0v) is 25.4. The maximum absolute atomic E-state index is 12.7. The first-order valence-electron chi connectivity index (χ1n) is 13.0. The van der Waals surface area contributed by atoms with Gasteiger partial charge in [-0.25, -0.2) is 0 Å². The maximum Gasteiger partial charge on any atom is 2.00 e. The van der Waals surface area contributed by atoms with Crippen molar-refractivity contribution in [3.63, 3.8) is 0 Å². The first kappa shape index (κ1) is 34.8. The van der Waals surface area contributed by atoms with Crippen LogP contribution in [0.1, 0.15) is 22.5 Å². The smallest absolute Gasteiger partial charge is 0.659 e. The minimum absolute atomic E-state index is 0. The summed E-state index contributed by atoms with van der Waals surface area (Å²) >= 11 is 0. The van der Waals surface area contributed by atoms with Crippen molar-refractivity contribution in [2.24, 2.45) is 0 Å². The predicted octanol–water partition coefficient (Wildman–Crippen LogP) is 8.21. The van der Waals surface area contributed by atoms with Crippen molar-refractivity contribution in [1.29, 1.82) is 0 Å². The van der Waals surface area contributed by atoms with Crippen molar-refractivity contribution in [3.8, 4) is 34.2 Å². The fourth-order valence-corrected chi connectivity index (χ4v) is 3.95. The number of hydrogen-bond donors (Lipinski definition) is 0. The van der Waals surface area contributed by atoms with Crippen LogP contribution in [0.5, 0.6) is 0 Å². The Morgan fingerprint density at radius 2 is 0.756 bits per heavy atom. The number of rotatable bonds is 3. The van der Waals surface area contributed by atoms with Gasteiger partial charge in [-0.05, 0) is 48.5 Å². The van der Waals surface area contributed by atoms with E-state index in [1.807, 2.05) is 36.4 Å². The second kappa shape index (κ2) is 15.4. The number of alkyl halides is 6. The molecular formula is C32H24F6N6Ru. The normalized spacial score (nSPS) is 10.9. The van der Waals surface area contributed by atoms with Crippen LogP contribution in [-0.4, -0.2) is 19.9 Å². The molecule has 0 aromatic carbocycles. The minimum Gasteiger partial charge on any atom is -0.659 e. The van der Waals surface area contributed by atoms with Crippen molar-refractivity contribution in [3.05, 3.63) is 132 Å². The Bertz CT molecular complexity index is 1610. The number of aromatic nitrogens is 6. The molecule has 13 heteroatoms. The van der Waals surface area contributed by atoms with Crippen LogP contribution < -0.4 is 9.97 Å². The zero-order chi connectivity index (χ0) is 31.7. The molecule has 0 saturated carbocycles. The molecule has 6 rings (SSSR count). The van der Waals surface area contributed by atoms with Crippen molar-refractivity contribution in [2.45, 2.75) is 26.2 Å². The van der Waals surface area contributed by atoms with Crippen molar-refractivity contribution in [2.75, 3.05) is 0 Å². The first-order valence-corrected chi connectivity index (χ1v) is 13.0. The topological polar surface area (TPSA) is 79.8 Å². The number of halogens is 6. The van der Waals surface area contributed by atoms with Crippen LogP contribution in [0.2, 0.25) is 0 Å². The molecule has 0 N–H and O–H groups in total. The second-order valence-corrected chi connectivity index (χ2v) is 9.18. The molecule has 0 saturated heterocycles. The van der Waals surface area contributed by atoms with Crippen molar-refractivity contribution < 1.29 is 45.8 Å². The largest absolute Gasteiger partial charge is 2.00 e. The van der Waals surface area contributed by atoms with Gasteiger partial charge in [-0.1, -0.05) is 61.6 Å². The molecule has 0 radical (unpaired) electrons. The van der Waals surface area contributed by atoms with Crippen LogP contribution in [0.4, 0.5) is 26.3 Å². The Morgan fingerprint density at radius 3 is 1.00 bits per heavy atom. The van der Waals surface area contributed by atoms with Gasteiger partial charge in [0.25, 0.3) is 0 Å². The van der Waals surface area contributed by atoms with E-state index >= 15 is 0 Å². The third-order valence-electron chi connectivity index (χ3n) is 5.81. The van der Waals surface area contributed by atoms with Gasteiger partial charge in [-0.15, -0.1) is 0 Å². The van der Waals surface area contributed by atoms with Crippen LogP contribution in [0.25, 0.3) is 34.2 Å². The van der Waals surface area contributed by atoms with Crippen molar-refractivity contribution in [1.82, 2.24) is 29.9 Å². The van der Waals surface area contributed by atoms with Crippen LogP contribution in [0.3, 0.4) is 0 Å². The number of aryl methyl sites for hydroxylation is 2. The molecule has 0 fully saturated rings. The van der Waals surface area contributed by atoms with Crippen LogP contribution in [-0.2, 0) is 31.8 Å². The SMILES string of the molecule is Cc1cc(C(F)(F)F)c(-c2ccccn2)[n-]1.Cc1cc(C(F)(F)F)c(-c2ccccn2)[n-]1.[Ru+2].c1ccc(-c2ccccn2)nc1. The maximum atomic E-state index is 12.7. The summed E-state index contributed by atoms with van der Waals surface area (Å²) in [7, 11) is 0. The summed E-state index contributed by atoms with van der Waals surface area (Å²) in [5.74, 6) is 0. The third kappa shape index (κ3) is 9.68. The molecule has 6 heterocycles. The minimum atomic E-state index is -4.39. The van der Waals surface area contributed by atoms with Gasteiger partial charge >= 0.3 is 31.8 Å². The summed E-state index contributed by atoms with van der Waals surface area (Å²) in [5, 5.41) is 0. The standard InChI is InChI=1S/2C11H8F3N2.C10H8N2.Ru/c2*1-7-6-8(11(12,13)14)10(16-7)9-4-2-3-5-15-9;1-3-7-11-9(5-1)10-6-2-4-8-12-10;/h2*2-6H,1H3;1-8H;/q2*-1;;+2. The van der Waals surface area contributed by atoms with E-state index in [4.69, 9.17) is 0 Å². The fourth-order valence-electron chi connectivity index (χ4n) is 3.95. The Labute approximate surface area is 267 Å². The summed E-state index contributed by atoms with van der Waals surface area (Å²) in [6.45, 7) is 3.06. The van der Waals surface area contributed by atoms with E-state index in [1.54, 1.807) is 36.7 Å². The summed E-state index contributed by atoms with van der Waals surface area (Å²) < 4.78 is 76.1. The van der Waals surface area contributed by atoms with E-state index in [0.717, 1.165) is 23.5 Å². The van der Waals surface area contributed by atoms with E-state index in [9.17, 15) is 26.3 Å². The number of pyridine rings is 4. The fraction of sp³-hybridized carbons (Fsp3) is 0.125. The third-order valence-corrected chi connectivity index (χ3v) is 5.81. The molecule has 45 heavy (non-hydrogen) atoms. The van der Waals surface area contributed by atoms with E-state index < -0.39 is 23.5 Å². The van der Waals surface area contributed by atoms with Crippen LogP contribution >= 0.6 is 0 Å². The van der Waals surface area contributed by atoms with Gasteiger partial charge in [-0.2, -0.15) is 37.7 Å². The summed E-state index contributed by atoms with van der Waals surface area (Å²) in [6, 6.07) is 23.2. The van der Waals surface area contributed by atoms with E-state index in [2.05, 4.69) is 29.9 Å². The van der Waals surface area contributed by atoms with Gasteiger partial charge in [0.05, 0.1) is 11.4 Å². The second-order valence-electron chi connectivity index (χ2n) is 9.18. The summed E-state index contributed by atoms with van der Waals surface area (Å²) in [6.07, 6.45) is -2.37. The Balaban J connectivity index is 0.000000184. The Kier molecular flexibility index (Phi) is 11.9. The number of hydrogen-bond acceptors (Lipinski definition) is 4. The summed E-state index contributed by atoms with van der Waals surface area (Å²) in [4.78, 5) is 23.9. The molecule has 232 valence electrons. The predicted molar refractivity (Wildman–Crippen MR) is 153 cm³/mol. The number of nitrogens with zero attached hydrogens (tertiary/aromatic N) is 6. The molecule has 6 aromatic heterocycles. The van der Waals surface area contributed by atoms with Gasteiger partial charge < -0.3 is 9.97 Å². The molecular weight excluding hydrogens is 683 g/mol. The Morgan fingerprint density at radius 1 is 0.467 bits per heavy atom. The molecule has 0 aliphatic rings. The monoisotopic (exact) mass is 708 g/mol.